The Morgan fingerprint density at radius 1 is 1.56 bits per heavy atom. The van der Waals surface area contributed by atoms with Gasteiger partial charge in [0.1, 0.15) is 6.10 Å². The van der Waals surface area contributed by atoms with Crippen molar-refractivity contribution in [3.63, 3.8) is 0 Å². The molecule has 0 bridgehead atoms. The van der Waals surface area contributed by atoms with Gasteiger partial charge in [-0.15, -0.1) is 0 Å². The minimum atomic E-state index is -3.84. The van der Waals surface area contributed by atoms with Gasteiger partial charge in [-0.3, -0.25) is 0 Å². The van der Waals surface area contributed by atoms with Gasteiger partial charge in [0.05, 0.1) is 6.61 Å². The topological polar surface area (TPSA) is 55.8 Å². The van der Waals surface area contributed by atoms with Crippen LogP contribution in [0.3, 0.4) is 0 Å². The van der Waals surface area contributed by atoms with Gasteiger partial charge in [-0.25, -0.2) is 4.79 Å². The summed E-state index contributed by atoms with van der Waals surface area (Å²) in [5.41, 5.74) is 0. The molecule has 0 aromatic rings. The van der Waals surface area contributed by atoms with Crippen LogP contribution in [-0.2, 0) is 14.3 Å². The molecule has 1 fully saturated rings. The van der Waals surface area contributed by atoms with Crippen LogP contribution in [-0.4, -0.2) is 42.9 Å². The standard InChI is InChI=1S/C10H16F2O4/c1-2-16-9(14)10(11,12)8(13)7-3-5-15-6-4-7/h7-8,13H,2-6H2,1H3. The fraction of sp³-hybridized carbons (Fsp3) is 0.900. The van der Waals surface area contributed by atoms with E-state index in [0.717, 1.165) is 0 Å². The summed E-state index contributed by atoms with van der Waals surface area (Å²) in [5, 5.41) is 9.49. The number of alkyl halides is 2. The molecule has 0 aliphatic carbocycles. The molecule has 1 unspecified atom stereocenters. The summed E-state index contributed by atoms with van der Waals surface area (Å²) in [5.74, 6) is -6.11. The molecule has 1 aliphatic rings. The van der Waals surface area contributed by atoms with Gasteiger partial charge in [-0.1, -0.05) is 0 Å². The quantitative estimate of drug-likeness (QED) is 0.741. The molecule has 0 aromatic carbocycles. The van der Waals surface area contributed by atoms with E-state index < -0.39 is 23.9 Å². The first-order chi connectivity index (χ1) is 7.50. The predicted octanol–water partition coefficient (Wildman–Crippen LogP) is 0.972. The highest BCUT2D eigenvalue weighted by atomic mass is 19.3. The first-order valence-electron chi connectivity index (χ1n) is 5.31. The van der Waals surface area contributed by atoms with Crippen LogP contribution in [0.15, 0.2) is 0 Å². The van der Waals surface area contributed by atoms with Crippen molar-refractivity contribution in [1.82, 2.24) is 0 Å². The van der Waals surface area contributed by atoms with Crippen LogP contribution >= 0.6 is 0 Å². The lowest BCUT2D eigenvalue weighted by Gasteiger charge is -2.30. The number of rotatable bonds is 4. The average Bonchev–Trinajstić information content (AvgIpc) is 2.29. The zero-order chi connectivity index (χ0) is 12.2. The third-order valence-corrected chi connectivity index (χ3v) is 2.63. The summed E-state index contributed by atoms with van der Waals surface area (Å²) >= 11 is 0. The number of aliphatic hydroxyl groups is 1. The van der Waals surface area contributed by atoms with Gasteiger partial charge in [0.2, 0.25) is 0 Å². The number of hydrogen-bond acceptors (Lipinski definition) is 4. The zero-order valence-electron chi connectivity index (χ0n) is 9.12. The highest BCUT2D eigenvalue weighted by molar-refractivity contribution is 5.78. The molecule has 1 aliphatic heterocycles. The maximum absolute atomic E-state index is 13.4. The van der Waals surface area contributed by atoms with Gasteiger partial charge in [-0.05, 0) is 25.7 Å². The van der Waals surface area contributed by atoms with Crippen LogP contribution in [0.4, 0.5) is 8.78 Å². The lowest BCUT2D eigenvalue weighted by molar-refractivity contribution is -0.197. The normalized spacial score (nSPS) is 20.5. The number of esters is 1. The second kappa shape index (κ2) is 5.54. The van der Waals surface area contributed by atoms with Gasteiger partial charge >= 0.3 is 11.9 Å². The lowest BCUT2D eigenvalue weighted by atomic mass is 9.90. The first-order valence-corrected chi connectivity index (χ1v) is 5.31. The molecule has 0 amide bonds. The molecule has 0 spiro atoms. The summed E-state index contributed by atoms with van der Waals surface area (Å²) < 4.78 is 36.1. The lowest BCUT2D eigenvalue weighted by Crippen LogP contribution is -2.48. The number of carbonyl (C=O) groups is 1. The van der Waals surface area contributed by atoms with Crippen molar-refractivity contribution in [2.45, 2.75) is 31.8 Å². The summed E-state index contributed by atoms with van der Waals surface area (Å²) in [6, 6.07) is 0. The number of aliphatic hydroxyl groups excluding tert-OH is 1. The van der Waals surface area contributed by atoms with Gasteiger partial charge in [0.15, 0.2) is 0 Å². The molecule has 1 N–H and O–H groups in total. The highest BCUT2D eigenvalue weighted by Crippen LogP contribution is 2.31. The maximum Gasteiger partial charge on any atom is 0.379 e. The zero-order valence-corrected chi connectivity index (χ0v) is 9.12. The van der Waals surface area contributed by atoms with E-state index in [0.29, 0.717) is 26.1 Å². The van der Waals surface area contributed by atoms with Crippen molar-refractivity contribution in [3.8, 4) is 0 Å². The van der Waals surface area contributed by atoms with Gasteiger partial charge in [0.25, 0.3) is 0 Å². The second-order valence-electron chi connectivity index (χ2n) is 3.74. The van der Waals surface area contributed by atoms with E-state index in [2.05, 4.69) is 4.74 Å². The Hall–Kier alpha value is -0.750. The Kier molecular flexibility index (Phi) is 4.61. The van der Waals surface area contributed by atoms with Crippen LogP contribution in [0.25, 0.3) is 0 Å². The van der Waals surface area contributed by atoms with E-state index in [4.69, 9.17) is 4.74 Å². The van der Waals surface area contributed by atoms with E-state index in [-0.39, 0.29) is 6.61 Å². The minimum Gasteiger partial charge on any atom is -0.461 e. The van der Waals surface area contributed by atoms with Crippen LogP contribution in [0.1, 0.15) is 19.8 Å². The summed E-state index contributed by atoms with van der Waals surface area (Å²) in [4.78, 5) is 11.0. The van der Waals surface area contributed by atoms with E-state index in [9.17, 15) is 18.7 Å². The molecule has 1 rings (SSSR count). The molecular formula is C10H16F2O4. The van der Waals surface area contributed by atoms with Gasteiger partial charge in [0, 0.05) is 13.2 Å². The number of halogens is 2. The molecule has 4 nitrogen and oxygen atoms in total. The molecule has 0 saturated carbocycles. The van der Waals surface area contributed by atoms with E-state index in [1.807, 2.05) is 0 Å². The van der Waals surface area contributed by atoms with Gasteiger partial charge in [-0.2, -0.15) is 8.78 Å². The highest BCUT2D eigenvalue weighted by Gasteiger charge is 2.51. The largest absolute Gasteiger partial charge is 0.461 e. The van der Waals surface area contributed by atoms with Crippen molar-refractivity contribution in [1.29, 1.82) is 0 Å². The Labute approximate surface area is 92.5 Å². The molecule has 0 radical (unpaired) electrons. The van der Waals surface area contributed by atoms with Crippen molar-refractivity contribution in [2.24, 2.45) is 5.92 Å². The average molecular weight is 238 g/mol. The van der Waals surface area contributed by atoms with Crippen molar-refractivity contribution in [2.75, 3.05) is 19.8 Å². The van der Waals surface area contributed by atoms with Crippen molar-refractivity contribution >= 4 is 5.97 Å². The maximum atomic E-state index is 13.4. The number of hydrogen-bond donors (Lipinski definition) is 1. The van der Waals surface area contributed by atoms with Crippen LogP contribution in [0, 0.1) is 5.92 Å². The number of carbonyl (C=O) groups excluding carboxylic acids is 1. The number of ether oxygens (including phenoxy) is 2. The third-order valence-electron chi connectivity index (χ3n) is 2.63. The molecule has 1 saturated heterocycles. The fourth-order valence-corrected chi connectivity index (χ4v) is 1.68. The summed E-state index contributed by atoms with van der Waals surface area (Å²) in [6.07, 6.45) is -1.33. The Morgan fingerprint density at radius 2 is 2.12 bits per heavy atom. The Balaban J connectivity index is 2.61. The Bertz CT molecular complexity index is 239. The van der Waals surface area contributed by atoms with E-state index in [1.165, 1.54) is 6.92 Å². The SMILES string of the molecule is CCOC(=O)C(F)(F)C(O)C1CCOCC1. The molecule has 16 heavy (non-hydrogen) atoms. The molecule has 6 heteroatoms. The molecular weight excluding hydrogens is 222 g/mol. The Morgan fingerprint density at radius 3 is 2.62 bits per heavy atom. The summed E-state index contributed by atoms with van der Waals surface area (Å²) in [6.45, 7) is 1.98. The van der Waals surface area contributed by atoms with Crippen LogP contribution in [0.5, 0.6) is 0 Å². The van der Waals surface area contributed by atoms with Crippen LogP contribution in [0.2, 0.25) is 0 Å². The predicted molar refractivity (Wildman–Crippen MR) is 51.1 cm³/mol. The minimum absolute atomic E-state index is 0.130. The smallest absolute Gasteiger partial charge is 0.379 e. The third kappa shape index (κ3) is 2.89. The van der Waals surface area contributed by atoms with E-state index >= 15 is 0 Å². The molecule has 1 heterocycles. The van der Waals surface area contributed by atoms with Crippen LogP contribution < -0.4 is 0 Å². The van der Waals surface area contributed by atoms with E-state index in [1.54, 1.807) is 0 Å². The summed E-state index contributed by atoms with van der Waals surface area (Å²) in [7, 11) is 0. The van der Waals surface area contributed by atoms with Gasteiger partial charge < -0.3 is 14.6 Å². The molecule has 1 atom stereocenters. The monoisotopic (exact) mass is 238 g/mol. The van der Waals surface area contributed by atoms with Crippen molar-refractivity contribution in [3.05, 3.63) is 0 Å². The second-order valence-corrected chi connectivity index (χ2v) is 3.74. The fourth-order valence-electron chi connectivity index (χ4n) is 1.68. The first kappa shape index (κ1) is 13.3. The molecule has 0 aromatic heterocycles. The van der Waals surface area contributed by atoms with Crippen molar-refractivity contribution < 1.29 is 28.2 Å². The molecule has 94 valence electrons.